The summed E-state index contributed by atoms with van der Waals surface area (Å²) in [6.07, 6.45) is -0.0114. The topological polar surface area (TPSA) is 138 Å². The van der Waals surface area contributed by atoms with Gasteiger partial charge in [-0.05, 0) is 38.6 Å². The number of likely N-dealkylation sites (N-methyl/N-ethyl adjacent to an activating group) is 1. The Morgan fingerprint density at radius 2 is 1.63 bits per heavy atom. The van der Waals surface area contributed by atoms with E-state index in [9.17, 15) is 9.59 Å². The second kappa shape index (κ2) is 16.0. The molecule has 3 aromatic rings. The van der Waals surface area contributed by atoms with Gasteiger partial charge in [-0.3, -0.25) is 19.1 Å². The Bertz CT molecular complexity index is 1420. The first-order chi connectivity index (χ1) is 20.8. The highest BCUT2D eigenvalue weighted by atomic mass is 35.5. The third-order valence-electron chi connectivity index (χ3n) is 6.68. The highest BCUT2D eigenvalue weighted by molar-refractivity contribution is 7.17. The summed E-state index contributed by atoms with van der Waals surface area (Å²) < 4.78 is 23.3. The van der Waals surface area contributed by atoms with Gasteiger partial charge < -0.3 is 29.6 Å². The first kappa shape index (κ1) is 32.7. The highest BCUT2D eigenvalue weighted by Crippen LogP contribution is 2.40. The van der Waals surface area contributed by atoms with Crippen LogP contribution in [0.4, 0.5) is 0 Å². The number of methoxy groups -OCH3 is 1. The summed E-state index contributed by atoms with van der Waals surface area (Å²) in [6, 6.07) is 6.67. The van der Waals surface area contributed by atoms with Crippen LogP contribution >= 0.6 is 22.9 Å². The third-order valence-corrected chi connectivity index (χ3v) is 8.21. The van der Waals surface area contributed by atoms with E-state index in [1.165, 1.54) is 18.4 Å². The lowest BCUT2D eigenvalue weighted by molar-refractivity contribution is -0.141. The smallest absolute Gasteiger partial charge is 0.308 e. The van der Waals surface area contributed by atoms with E-state index in [0.717, 1.165) is 28.2 Å². The average molecular weight is 633 g/mol. The number of nitrogens with zero attached hydrogens (tertiary/aromatic N) is 4. The summed E-state index contributed by atoms with van der Waals surface area (Å²) in [5.41, 5.74) is 2.96. The number of amides is 1. The van der Waals surface area contributed by atoms with Crippen molar-refractivity contribution in [2.75, 3.05) is 66.9 Å². The van der Waals surface area contributed by atoms with Gasteiger partial charge in [0.2, 0.25) is 0 Å². The molecule has 0 saturated heterocycles. The molecule has 0 fully saturated rings. The molecule has 0 bridgehead atoms. The maximum absolute atomic E-state index is 13.4. The molecule has 43 heavy (non-hydrogen) atoms. The number of aliphatic imine (C=N–C) groups is 1. The van der Waals surface area contributed by atoms with Crippen LogP contribution in [0.5, 0.6) is 0 Å². The van der Waals surface area contributed by atoms with E-state index in [0.29, 0.717) is 73.4 Å². The average Bonchev–Trinajstić information content (AvgIpc) is 3.51. The molecule has 4 rings (SSSR count). The van der Waals surface area contributed by atoms with Crippen LogP contribution in [0.2, 0.25) is 5.02 Å². The van der Waals surface area contributed by atoms with Crippen LogP contribution in [0.25, 0.3) is 5.00 Å². The van der Waals surface area contributed by atoms with Crippen LogP contribution in [0, 0.1) is 13.8 Å². The Kier molecular flexibility index (Phi) is 12.2. The van der Waals surface area contributed by atoms with E-state index in [4.69, 9.17) is 35.5 Å². The molecule has 14 heteroatoms. The lowest BCUT2D eigenvalue weighted by atomic mass is 9.99. The normalized spacial score (nSPS) is 14.1. The van der Waals surface area contributed by atoms with Crippen molar-refractivity contribution in [3.05, 3.63) is 62.5 Å². The first-order valence-electron chi connectivity index (χ1n) is 14.0. The summed E-state index contributed by atoms with van der Waals surface area (Å²) in [5, 5.41) is 16.0. The number of aromatic nitrogens is 3. The molecular weight excluding hydrogens is 596 g/mol. The van der Waals surface area contributed by atoms with Gasteiger partial charge in [0.1, 0.15) is 16.9 Å². The Morgan fingerprint density at radius 1 is 0.977 bits per heavy atom. The number of rotatable bonds is 16. The van der Waals surface area contributed by atoms with Crippen LogP contribution in [0.15, 0.2) is 29.3 Å². The molecule has 0 radical (unpaired) electrons. The van der Waals surface area contributed by atoms with E-state index >= 15 is 0 Å². The molecule has 12 nitrogen and oxygen atoms in total. The van der Waals surface area contributed by atoms with Gasteiger partial charge in [0.25, 0.3) is 5.91 Å². The van der Waals surface area contributed by atoms with Gasteiger partial charge in [-0.2, -0.15) is 0 Å². The Balaban J connectivity index is 1.48. The highest BCUT2D eigenvalue weighted by Gasteiger charge is 2.34. The third kappa shape index (κ3) is 8.25. The van der Waals surface area contributed by atoms with Crippen LogP contribution in [0.1, 0.15) is 50.5 Å². The van der Waals surface area contributed by atoms with Gasteiger partial charge in [0.15, 0.2) is 5.82 Å². The number of fused-ring (bicyclic) bond motifs is 3. The Hall–Kier alpha value is -3.20. The number of aryl methyl sites for hydroxylation is 1. The summed E-state index contributed by atoms with van der Waals surface area (Å²) in [4.78, 5) is 31.2. The summed E-state index contributed by atoms with van der Waals surface area (Å²) in [5.74, 6) is 0.484. The van der Waals surface area contributed by atoms with Crippen LogP contribution in [0.3, 0.4) is 0 Å². The largest absolute Gasteiger partial charge is 0.469 e. The quantitative estimate of drug-likeness (QED) is 0.180. The lowest BCUT2D eigenvalue weighted by Crippen LogP contribution is -2.27. The molecule has 3 heterocycles. The van der Waals surface area contributed by atoms with Crippen molar-refractivity contribution in [3.8, 4) is 5.00 Å². The minimum Gasteiger partial charge on any atom is -0.469 e. The van der Waals surface area contributed by atoms with E-state index in [-0.39, 0.29) is 12.3 Å². The van der Waals surface area contributed by atoms with Crippen molar-refractivity contribution in [2.45, 2.75) is 26.3 Å². The molecule has 1 atom stereocenters. The van der Waals surface area contributed by atoms with Gasteiger partial charge in [-0.1, -0.05) is 23.7 Å². The monoisotopic (exact) mass is 632 g/mol. The Labute approximate surface area is 259 Å². The molecule has 2 N–H and O–H groups in total. The zero-order valence-electron chi connectivity index (χ0n) is 24.8. The van der Waals surface area contributed by atoms with Crippen molar-refractivity contribution in [1.29, 1.82) is 0 Å². The predicted octanol–water partition coefficient (Wildman–Crippen LogP) is 3.05. The van der Waals surface area contributed by atoms with Gasteiger partial charge in [0.05, 0.1) is 63.8 Å². The standard InChI is InChI=1S/C29H37ClN6O6S/c1-18-24-25(20-5-7-21(30)8-6-20)33-22(17-23(37)39-4)27-35-34-19(2)36(27)29(24)43-26(18)28(38)32-10-12-41-14-16-42-15-13-40-11-9-31-3/h5-8,22,31H,9-17H2,1-4H3,(H,32,38). The van der Waals surface area contributed by atoms with Crippen LogP contribution in [-0.4, -0.2) is 99.2 Å². The van der Waals surface area contributed by atoms with Gasteiger partial charge in [0, 0.05) is 29.2 Å². The van der Waals surface area contributed by atoms with E-state index in [2.05, 4.69) is 20.8 Å². The molecule has 0 spiro atoms. The second-order valence-corrected chi connectivity index (χ2v) is 11.1. The molecule has 2 aromatic heterocycles. The number of esters is 1. The number of benzene rings is 1. The number of thiophene rings is 1. The number of halogens is 1. The molecule has 0 saturated carbocycles. The lowest BCUT2D eigenvalue weighted by Gasteiger charge is -2.12. The molecule has 1 aromatic carbocycles. The van der Waals surface area contributed by atoms with Crippen molar-refractivity contribution in [3.63, 3.8) is 0 Å². The van der Waals surface area contributed by atoms with Crippen molar-refractivity contribution >= 4 is 40.5 Å². The van der Waals surface area contributed by atoms with Gasteiger partial charge in [-0.25, -0.2) is 0 Å². The summed E-state index contributed by atoms with van der Waals surface area (Å²) >= 11 is 7.51. The van der Waals surface area contributed by atoms with Crippen molar-refractivity contribution in [2.24, 2.45) is 4.99 Å². The molecule has 1 aliphatic rings. The van der Waals surface area contributed by atoms with Crippen LogP contribution in [-0.2, 0) is 23.7 Å². The second-order valence-electron chi connectivity index (χ2n) is 9.65. The fourth-order valence-electron chi connectivity index (χ4n) is 4.51. The minimum atomic E-state index is -0.636. The van der Waals surface area contributed by atoms with Crippen LogP contribution < -0.4 is 10.6 Å². The van der Waals surface area contributed by atoms with Crippen molar-refractivity contribution in [1.82, 2.24) is 25.4 Å². The fourth-order valence-corrected chi connectivity index (χ4v) is 5.92. The summed E-state index contributed by atoms with van der Waals surface area (Å²) in [7, 11) is 3.22. The molecule has 1 amide bonds. The maximum atomic E-state index is 13.4. The Morgan fingerprint density at radius 3 is 2.28 bits per heavy atom. The SMILES string of the molecule is CNCCOCCOCCOCCNC(=O)c1sc2c(c1C)C(c1ccc(Cl)cc1)=NC(CC(=O)OC)c1nnc(C)n1-2. The fraction of sp³-hybridized carbons (Fsp3) is 0.483. The molecular formula is C29H37ClN6O6S. The zero-order chi connectivity index (χ0) is 30.8. The number of hydrogen-bond donors (Lipinski definition) is 2. The molecule has 1 aliphatic heterocycles. The zero-order valence-corrected chi connectivity index (χ0v) is 26.3. The first-order valence-corrected chi connectivity index (χ1v) is 15.2. The maximum Gasteiger partial charge on any atom is 0.308 e. The number of carbonyl (C=O) groups is 2. The van der Waals surface area contributed by atoms with Gasteiger partial charge >= 0.3 is 5.97 Å². The number of carbonyl (C=O) groups excluding carboxylic acids is 2. The van der Waals surface area contributed by atoms with E-state index in [1.807, 2.05) is 37.6 Å². The van der Waals surface area contributed by atoms with Gasteiger partial charge in [-0.15, -0.1) is 21.5 Å². The summed E-state index contributed by atoms with van der Waals surface area (Å²) in [6.45, 7) is 7.77. The number of ether oxygens (including phenoxy) is 4. The predicted molar refractivity (Wildman–Crippen MR) is 164 cm³/mol. The van der Waals surface area contributed by atoms with E-state index in [1.54, 1.807) is 12.1 Å². The molecule has 1 unspecified atom stereocenters. The molecule has 0 aliphatic carbocycles. The number of hydrogen-bond acceptors (Lipinski definition) is 11. The molecule has 232 valence electrons. The van der Waals surface area contributed by atoms with E-state index < -0.39 is 12.0 Å². The number of nitrogens with one attached hydrogen (secondary N) is 2. The van der Waals surface area contributed by atoms with Crippen molar-refractivity contribution < 1.29 is 28.5 Å². The minimum absolute atomic E-state index is 0.0114.